The molecule has 1 fully saturated rings. The molecule has 68 valence electrons. The van der Waals surface area contributed by atoms with Crippen LogP contribution in [0.2, 0.25) is 0 Å². The number of rotatable bonds is 2. The smallest absolute Gasteiger partial charge is 0.108 e. The van der Waals surface area contributed by atoms with Crippen molar-refractivity contribution in [3.05, 3.63) is 11.9 Å². The molecule has 0 spiro atoms. The number of hydrogen-bond donors (Lipinski definition) is 2. The molecule has 0 atom stereocenters. The van der Waals surface area contributed by atoms with Gasteiger partial charge in [-0.05, 0) is 0 Å². The van der Waals surface area contributed by atoms with Crippen molar-refractivity contribution in [3.8, 4) is 0 Å². The SMILES string of the molecule is Cl.OCc1cn(C2CNC2)nn1. The third-order valence-electron chi connectivity index (χ3n) is 1.85. The molecule has 1 aromatic rings. The third-order valence-corrected chi connectivity index (χ3v) is 1.85. The van der Waals surface area contributed by atoms with Crippen molar-refractivity contribution in [2.75, 3.05) is 13.1 Å². The van der Waals surface area contributed by atoms with Gasteiger partial charge in [0.25, 0.3) is 0 Å². The molecule has 0 bridgehead atoms. The fourth-order valence-corrected chi connectivity index (χ4v) is 1.02. The van der Waals surface area contributed by atoms with Crippen LogP contribution < -0.4 is 5.32 Å². The van der Waals surface area contributed by atoms with Crippen LogP contribution in [0.4, 0.5) is 0 Å². The molecular formula is C6H11ClN4O. The zero-order chi connectivity index (χ0) is 7.68. The van der Waals surface area contributed by atoms with Crippen molar-refractivity contribution in [3.63, 3.8) is 0 Å². The van der Waals surface area contributed by atoms with Crippen LogP contribution in [0.1, 0.15) is 11.7 Å². The number of hydrogen-bond acceptors (Lipinski definition) is 4. The first-order valence-electron chi connectivity index (χ1n) is 3.62. The van der Waals surface area contributed by atoms with Crippen molar-refractivity contribution >= 4 is 12.4 Å². The second-order valence-electron chi connectivity index (χ2n) is 2.66. The molecule has 0 radical (unpaired) electrons. The highest BCUT2D eigenvalue weighted by molar-refractivity contribution is 5.85. The maximum Gasteiger partial charge on any atom is 0.108 e. The molecule has 0 amide bonds. The van der Waals surface area contributed by atoms with E-state index in [1.165, 1.54) is 0 Å². The zero-order valence-corrected chi connectivity index (χ0v) is 7.29. The Morgan fingerprint density at radius 2 is 2.42 bits per heavy atom. The Morgan fingerprint density at radius 3 is 2.83 bits per heavy atom. The van der Waals surface area contributed by atoms with Crippen molar-refractivity contribution < 1.29 is 5.11 Å². The van der Waals surface area contributed by atoms with Gasteiger partial charge in [-0.25, -0.2) is 4.68 Å². The van der Waals surface area contributed by atoms with Gasteiger partial charge in [-0.2, -0.15) is 0 Å². The fourth-order valence-electron chi connectivity index (χ4n) is 1.02. The van der Waals surface area contributed by atoms with E-state index in [4.69, 9.17) is 5.11 Å². The van der Waals surface area contributed by atoms with Crippen LogP contribution in [-0.2, 0) is 6.61 Å². The van der Waals surface area contributed by atoms with Crippen molar-refractivity contribution in [2.45, 2.75) is 12.6 Å². The minimum absolute atomic E-state index is 0. The number of nitrogens with zero attached hydrogens (tertiary/aromatic N) is 3. The first-order chi connectivity index (χ1) is 5.40. The maximum atomic E-state index is 8.69. The molecule has 6 heteroatoms. The third kappa shape index (κ3) is 1.57. The van der Waals surface area contributed by atoms with E-state index in [2.05, 4.69) is 15.6 Å². The minimum Gasteiger partial charge on any atom is -0.390 e. The Balaban J connectivity index is 0.000000720. The molecule has 0 aliphatic carbocycles. The summed E-state index contributed by atoms with van der Waals surface area (Å²) >= 11 is 0. The predicted octanol–water partition coefficient (Wildman–Crippen LogP) is -0.664. The van der Waals surface area contributed by atoms with Crippen LogP contribution in [-0.4, -0.2) is 33.2 Å². The lowest BCUT2D eigenvalue weighted by Gasteiger charge is -2.26. The van der Waals surface area contributed by atoms with E-state index in [0.29, 0.717) is 11.7 Å². The summed E-state index contributed by atoms with van der Waals surface area (Å²) in [5.41, 5.74) is 0.636. The first-order valence-corrected chi connectivity index (χ1v) is 3.62. The molecule has 2 heterocycles. The van der Waals surface area contributed by atoms with Crippen molar-refractivity contribution in [2.24, 2.45) is 0 Å². The van der Waals surface area contributed by atoms with Crippen LogP contribution in [0, 0.1) is 0 Å². The predicted molar refractivity (Wildman–Crippen MR) is 45.1 cm³/mol. The van der Waals surface area contributed by atoms with Crippen LogP contribution in [0.15, 0.2) is 6.20 Å². The Kier molecular flexibility index (Phi) is 3.02. The standard InChI is InChI=1S/C6H10N4O.ClH/c11-4-5-3-10(9-8-5)6-1-7-2-6;/h3,6-7,11H,1-2,4H2;1H. The Hall–Kier alpha value is -0.650. The van der Waals surface area contributed by atoms with Crippen LogP contribution in [0.25, 0.3) is 0 Å². The molecule has 1 aliphatic rings. The molecule has 1 aliphatic heterocycles. The number of aliphatic hydroxyl groups excluding tert-OH is 1. The molecule has 0 unspecified atom stereocenters. The summed E-state index contributed by atoms with van der Waals surface area (Å²) in [4.78, 5) is 0. The quantitative estimate of drug-likeness (QED) is 0.650. The zero-order valence-electron chi connectivity index (χ0n) is 6.47. The van der Waals surface area contributed by atoms with Gasteiger partial charge < -0.3 is 10.4 Å². The second kappa shape index (κ2) is 3.84. The number of aromatic nitrogens is 3. The summed E-state index contributed by atoms with van der Waals surface area (Å²) in [6.45, 7) is 1.88. The summed E-state index contributed by atoms with van der Waals surface area (Å²) in [6.07, 6.45) is 1.78. The summed E-state index contributed by atoms with van der Waals surface area (Å²) in [5.74, 6) is 0. The molecule has 1 aromatic heterocycles. The van der Waals surface area contributed by atoms with Gasteiger partial charge in [-0.3, -0.25) is 0 Å². The highest BCUT2D eigenvalue weighted by Gasteiger charge is 2.19. The normalized spacial score (nSPS) is 16.8. The molecule has 0 saturated carbocycles. The molecule has 2 rings (SSSR count). The van der Waals surface area contributed by atoms with E-state index in [9.17, 15) is 0 Å². The lowest BCUT2D eigenvalue weighted by atomic mass is 10.2. The van der Waals surface area contributed by atoms with Gasteiger partial charge in [0.1, 0.15) is 5.69 Å². The van der Waals surface area contributed by atoms with E-state index in [0.717, 1.165) is 13.1 Å². The van der Waals surface area contributed by atoms with Gasteiger partial charge in [0.15, 0.2) is 0 Å². The van der Waals surface area contributed by atoms with Gasteiger partial charge >= 0.3 is 0 Å². The van der Waals surface area contributed by atoms with Gasteiger partial charge in [0.2, 0.25) is 0 Å². The van der Waals surface area contributed by atoms with Crippen LogP contribution >= 0.6 is 12.4 Å². The topological polar surface area (TPSA) is 63.0 Å². The molecule has 1 saturated heterocycles. The molecular weight excluding hydrogens is 180 g/mol. The van der Waals surface area contributed by atoms with Gasteiger partial charge in [-0.15, -0.1) is 17.5 Å². The highest BCUT2D eigenvalue weighted by Crippen LogP contribution is 2.09. The average Bonchev–Trinajstić information content (AvgIpc) is 2.32. The number of halogens is 1. The lowest BCUT2D eigenvalue weighted by molar-refractivity contribution is 0.276. The van der Waals surface area contributed by atoms with Crippen molar-refractivity contribution in [1.29, 1.82) is 0 Å². The van der Waals surface area contributed by atoms with Gasteiger partial charge in [0, 0.05) is 13.1 Å². The van der Waals surface area contributed by atoms with E-state index in [1.54, 1.807) is 10.9 Å². The van der Waals surface area contributed by atoms with Gasteiger partial charge in [0.05, 0.1) is 18.8 Å². The van der Waals surface area contributed by atoms with Gasteiger partial charge in [-0.1, -0.05) is 5.21 Å². The monoisotopic (exact) mass is 190 g/mol. The summed E-state index contributed by atoms with van der Waals surface area (Å²) in [6, 6.07) is 0.433. The molecule has 12 heavy (non-hydrogen) atoms. The fraction of sp³-hybridized carbons (Fsp3) is 0.667. The molecule has 5 nitrogen and oxygen atoms in total. The average molecular weight is 191 g/mol. The largest absolute Gasteiger partial charge is 0.390 e. The van der Waals surface area contributed by atoms with E-state index >= 15 is 0 Å². The molecule has 2 N–H and O–H groups in total. The minimum atomic E-state index is -0.0276. The van der Waals surface area contributed by atoms with Crippen molar-refractivity contribution in [1.82, 2.24) is 20.3 Å². The van der Waals surface area contributed by atoms with Crippen LogP contribution in [0.5, 0.6) is 0 Å². The summed E-state index contributed by atoms with van der Waals surface area (Å²) < 4.78 is 1.79. The first kappa shape index (κ1) is 9.44. The second-order valence-corrected chi connectivity index (χ2v) is 2.66. The summed E-state index contributed by atoms with van der Waals surface area (Å²) in [7, 11) is 0. The summed E-state index contributed by atoms with van der Waals surface area (Å²) in [5, 5.41) is 19.5. The Labute approximate surface area is 76.2 Å². The van der Waals surface area contributed by atoms with E-state index < -0.39 is 0 Å². The number of nitrogens with one attached hydrogen (secondary N) is 1. The van der Waals surface area contributed by atoms with E-state index in [1.807, 2.05) is 0 Å². The van der Waals surface area contributed by atoms with E-state index in [-0.39, 0.29) is 19.0 Å². The van der Waals surface area contributed by atoms with Crippen LogP contribution in [0.3, 0.4) is 0 Å². The lowest BCUT2D eigenvalue weighted by Crippen LogP contribution is -2.43. The Bertz CT molecular complexity index is 247. The highest BCUT2D eigenvalue weighted by atomic mass is 35.5. The Morgan fingerprint density at radius 1 is 1.67 bits per heavy atom. The number of aliphatic hydroxyl groups is 1. The molecule has 0 aromatic carbocycles. The maximum absolute atomic E-state index is 8.69.